The molecule has 0 heterocycles. The van der Waals surface area contributed by atoms with E-state index in [2.05, 4.69) is 5.32 Å². The molecule has 1 aliphatic rings. The van der Waals surface area contributed by atoms with Crippen molar-refractivity contribution in [3.8, 4) is 5.75 Å². The van der Waals surface area contributed by atoms with Gasteiger partial charge >= 0.3 is 0 Å². The molecule has 0 radical (unpaired) electrons. The number of aryl methyl sites for hydroxylation is 1. The van der Waals surface area contributed by atoms with Crippen LogP contribution in [0.4, 0.5) is 5.69 Å². The topological polar surface area (TPSA) is 49.3 Å². The number of rotatable bonds is 3. The second-order valence-electron chi connectivity index (χ2n) is 5.61. The maximum absolute atomic E-state index is 12.0. The second kappa shape index (κ2) is 6.60. The molecule has 2 rings (SSSR count). The van der Waals surface area contributed by atoms with Crippen LogP contribution in [0, 0.1) is 12.8 Å². The SMILES string of the molecule is Cc1cc(NC(=O)CC2CCCCCC2)ccc1O. The molecule has 2 N–H and O–H groups in total. The highest BCUT2D eigenvalue weighted by molar-refractivity contribution is 5.91. The molecule has 0 aliphatic heterocycles. The van der Waals surface area contributed by atoms with Gasteiger partial charge in [0.05, 0.1) is 0 Å². The van der Waals surface area contributed by atoms with E-state index in [9.17, 15) is 9.90 Å². The van der Waals surface area contributed by atoms with Gasteiger partial charge in [-0.15, -0.1) is 0 Å². The van der Waals surface area contributed by atoms with Crippen molar-refractivity contribution < 1.29 is 9.90 Å². The Balaban J connectivity index is 1.87. The highest BCUT2D eigenvalue weighted by Gasteiger charge is 2.16. The summed E-state index contributed by atoms with van der Waals surface area (Å²) in [6.45, 7) is 1.83. The molecule has 1 amide bonds. The van der Waals surface area contributed by atoms with Gasteiger partial charge in [-0.2, -0.15) is 0 Å². The first-order chi connectivity index (χ1) is 9.15. The van der Waals surface area contributed by atoms with Crippen molar-refractivity contribution in [1.29, 1.82) is 0 Å². The van der Waals surface area contributed by atoms with Crippen LogP contribution in [0.15, 0.2) is 18.2 Å². The summed E-state index contributed by atoms with van der Waals surface area (Å²) in [6.07, 6.45) is 8.14. The van der Waals surface area contributed by atoms with E-state index >= 15 is 0 Å². The van der Waals surface area contributed by atoms with Gasteiger partial charge in [0.25, 0.3) is 0 Å². The molecular weight excluding hydrogens is 238 g/mol. The first kappa shape index (κ1) is 13.9. The van der Waals surface area contributed by atoms with Gasteiger partial charge in [-0.1, -0.05) is 25.7 Å². The number of aromatic hydroxyl groups is 1. The molecular formula is C16H23NO2. The zero-order valence-corrected chi connectivity index (χ0v) is 11.6. The van der Waals surface area contributed by atoms with E-state index in [4.69, 9.17) is 0 Å². The van der Waals surface area contributed by atoms with Gasteiger partial charge in [-0.05, 0) is 49.4 Å². The van der Waals surface area contributed by atoms with Gasteiger partial charge in [0.1, 0.15) is 5.75 Å². The summed E-state index contributed by atoms with van der Waals surface area (Å²) in [5.41, 5.74) is 1.56. The first-order valence-electron chi connectivity index (χ1n) is 7.24. The van der Waals surface area contributed by atoms with Crippen molar-refractivity contribution in [2.75, 3.05) is 5.32 Å². The van der Waals surface area contributed by atoms with Crippen LogP contribution < -0.4 is 5.32 Å². The fourth-order valence-electron chi connectivity index (χ4n) is 2.78. The second-order valence-corrected chi connectivity index (χ2v) is 5.61. The number of carbonyl (C=O) groups is 1. The monoisotopic (exact) mass is 261 g/mol. The van der Waals surface area contributed by atoms with E-state index in [1.54, 1.807) is 18.2 Å². The minimum absolute atomic E-state index is 0.0944. The van der Waals surface area contributed by atoms with Gasteiger partial charge in [0.15, 0.2) is 0 Å². The lowest BCUT2D eigenvalue weighted by atomic mass is 9.96. The van der Waals surface area contributed by atoms with E-state index in [1.807, 2.05) is 6.92 Å². The standard InChI is InChI=1S/C16H23NO2/c1-12-10-14(8-9-15(12)18)17-16(19)11-13-6-4-2-3-5-7-13/h8-10,13,18H,2-7,11H2,1H3,(H,17,19). The third-order valence-electron chi connectivity index (χ3n) is 3.93. The van der Waals surface area contributed by atoms with Crippen LogP contribution in [0.3, 0.4) is 0 Å². The van der Waals surface area contributed by atoms with Crippen LogP contribution in [0.2, 0.25) is 0 Å². The van der Waals surface area contributed by atoms with Crippen molar-refractivity contribution in [3.63, 3.8) is 0 Å². The summed E-state index contributed by atoms with van der Waals surface area (Å²) in [4.78, 5) is 12.0. The average molecular weight is 261 g/mol. The van der Waals surface area contributed by atoms with Gasteiger partial charge in [-0.25, -0.2) is 0 Å². The Bertz CT molecular complexity index is 434. The Morgan fingerprint density at radius 3 is 2.58 bits per heavy atom. The van der Waals surface area contributed by atoms with Crippen molar-refractivity contribution in [1.82, 2.24) is 0 Å². The Morgan fingerprint density at radius 2 is 1.95 bits per heavy atom. The van der Waals surface area contributed by atoms with E-state index in [0.717, 1.165) is 11.3 Å². The summed E-state index contributed by atoms with van der Waals surface area (Å²) in [6, 6.07) is 5.17. The third kappa shape index (κ3) is 4.27. The number of phenolic OH excluding ortho intramolecular Hbond substituents is 1. The number of nitrogens with one attached hydrogen (secondary N) is 1. The molecule has 1 aliphatic carbocycles. The highest BCUT2D eigenvalue weighted by Crippen LogP contribution is 2.26. The van der Waals surface area contributed by atoms with Crippen molar-refractivity contribution >= 4 is 11.6 Å². The molecule has 3 heteroatoms. The Labute approximate surface area is 115 Å². The molecule has 0 atom stereocenters. The molecule has 104 valence electrons. The van der Waals surface area contributed by atoms with Crippen LogP contribution in [0.1, 0.15) is 50.5 Å². The molecule has 1 aromatic carbocycles. The van der Waals surface area contributed by atoms with Crippen molar-refractivity contribution in [3.05, 3.63) is 23.8 Å². The maximum atomic E-state index is 12.0. The van der Waals surface area contributed by atoms with E-state index < -0.39 is 0 Å². The zero-order chi connectivity index (χ0) is 13.7. The quantitative estimate of drug-likeness (QED) is 0.638. The van der Waals surface area contributed by atoms with Gasteiger partial charge in [0, 0.05) is 12.1 Å². The largest absolute Gasteiger partial charge is 0.508 e. The van der Waals surface area contributed by atoms with Crippen LogP contribution >= 0.6 is 0 Å². The summed E-state index contributed by atoms with van der Waals surface area (Å²) in [7, 11) is 0. The minimum atomic E-state index is 0.0944. The normalized spacial score (nSPS) is 16.9. The molecule has 0 unspecified atom stereocenters. The number of anilines is 1. The summed E-state index contributed by atoms with van der Waals surface area (Å²) >= 11 is 0. The molecule has 3 nitrogen and oxygen atoms in total. The minimum Gasteiger partial charge on any atom is -0.508 e. The highest BCUT2D eigenvalue weighted by atomic mass is 16.3. The molecule has 19 heavy (non-hydrogen) atoms. The number of hydrogen-bond donors (Lipinski definition) is 2. The van der Waals surface area contributed by atoms with Gasteiger partial charge < -0.3 is 10.4 Å². The number of benzene rings is 1. The van der Waals surface area contributed by atoms with Gasteiger partial charge in [0.2, 0.25) is 5.91 Å². The predicted octanol–water partition coefficient (Wildman–Crippen LogP) is 4.00. The third-order valence-corrected chi connectivity index (χ3v) is 3.93. The number of hydrogen-bond acceptors (Lipinski definition) is 2. The average Bonchev–Trinajstić information content (AvgIpc) is 2.62. The Kier molecular flexibility index (Phi) is 4.83. The van der Waals surface area contributed by atoms with Crippen LogP contribution in [-0.2, 0) is 4.79 Å². The van der Waals surface area contributed by atoms with E-state index in [1.165, 1.54) is 38.5 Å². The lowest BCUT2D eigenvalue weighted by Gasteiger charge is -2.14. The molecule has 0 spiro atoms. The smallest absolute Gasteiger partial charge is 0.224 e. The van der Waals surface area contributed by atoms with Crippen molar-refractivity contribution in [2.24, 2.45) is 5.92 Å². The van der Waals surface area contributed by atoms with Crippen LogP contribution in [0.5, 0.6) is 5.75 Å². The molecule has 0 bridgehead atoms. The predicted molar refractivity (Wildman–Crippen MR) is 77.3 cm³/mol. The number of amides is 1. The van der Waals surface area contributed by atoms with Gasteiger partial charge in [-0.3, -0.25) is 4.79 Å². The zero-order valence-electron chi connectivity index (χ0n) is 11.6. The summed E-state index contributed by atoms with van der Waals surface area (Å²) < 4.78 is 0. The molecule has 1 saturated carbocycles. The van der Waals surface area contributed by atoms with Crippen molar-refractivity contribution in [2.45, 2.75) is 51.9 Å². The Morgan fingerprint density at radius 1 is 1.26 bits per heavy atom. The fourth-order valence-corrected chi connectivity index (χ4v) is 2.78. The lowest BCUT2D eigenvalue weighted by Crippen LogP contribution is -2.16. The first-order valence-corrected chi connectivity index (χ1v) is 7.24. The number of phenols is 1. The lowest BCUT2D eigenvalue weighted by molar-refractivity contribution is -0.117. The molecule has 1 aromatic rings. The maximum Gasteiger partial charge on any atom is 0.224 e. The fraction of sp³-hybridized carbons (Fsp3) is 0.562. The molecule has 0 saturated heterocycles. The molecule has 1 fully saturated rings. The van der Waals surface area contributed by atoms with Crippen LogP contribution in [-0.4, -0.2) is 11.0 Å². The Hall–Kier alpha value is -1.51. The van der Waals surface area contributed by atoms with E-state index in [0.29, 0.717) is 12.3 Å². The number of carbonyl (C=O) groups excluding carboxylic acids is 1. The van der Waals surface area contributed by atoms with Crippen LogP contribution in [0.25, 0.3) is 0 Å². The van der Waals surface area contributed by atoms with E-state index in [-0.39, 0.29) is 11.7 Å². The summed E-state index contributed by atoms with van der Waals surface area (Å²) in [5, 5.41) is 12.4. The molecule has 0 aromatic heterocycles. The summed E-state index contributed by atoms with van der Waals surface area (Å²) in [5.74, 6) is 0.902.